The van der Waals surface area contributed by atoms with Gasteiger partial charge in [0, 0.05) is 0 Å². The Hall–Kier alpha value is -3.33. The molecule has 2 aromatic heterocycles. The average molecular weight is 567 g/mol. The number of anilines is 1. The third-order valence-electron chi connectivity index (χ3n) is 5.91. The Kier molecular flexibility index (Phi) is 8.12. The zero-order valence-corrected chi connectivity index (χ0v) is 22.6. The quantitative estimate of drug-likeness (QED) is 0.169. The average Bonchev–Trinajstić information content (AvgIpc) is 3.38. The zero-order valence-electron chi connectivity index (χ0n) is 21.7. The van der Waals surface area contributed by atoms with Crippen molar-refractivity contribution in [3.63, 3.8) is 0 Å². The van der Waals surface area contributed by atoms with Crippen LogP contribution < -0.4 is 20.9 Å². The lowest BCUT2D eigenvalue weighted by atomic mass is 9.97. The number of ether oxygens (including phenoxy) is 2. The number of H-pyrrole nitrogens is 1. The zero-order chi connectivity index (χ0) is 28.5. The molecule has 0 saturated carbocycles. The molecule has 212 valence electrons. The summed E-state index contributed by atoms with van der Waals surface area (Å²) in [5.74, 6) is -0.687. The number of carbonyl (C=O) groups excluding carboxylic acids is 1. The summed E-state index contributed by atoms with van der Waals surface area (Å²) in [6, 6.07) is 7.05. The van der Waals surface area contributed by atoms with Gasteiger partial charge in [0.1, 0.15) is 35.7 Å². The van der Waals surface area contributed by atoms with E-state index >= 15 is 0 Å². The van der Waals surface area contributed by atoms with E-state index < -0.39 is 61.9 Å². The Morgan fingerprint density at radius 1 is 1.31 bits per heavy atom. The number of nitrogens with two attached hydrogens (primary N) is 1. The van der Waals surface area contributed by atoms with Crippen LogP contribution in [0, 0.1) is 0 Å². The molecule has 0 bridgehead atoms. The van der Waals surface area contributed by atoms with Crippen LogP contribution in [-0.2, 0) is 23.4 Å². The van der Waals surface area contributed by atoms with Gasteiger partial charge in [0.15, 0.2) is 0 Å². The maximum Gasteiger partial charge on any atom is 0.459 e. The number of hydrogen-bond donors (Lipinski definition) is 5. The highest BCUT2D eigenvalue weighted by molar-refractivity contribution is 7.52. The Balaban J connectivity index is 1.57. The van der Waals surface area contributed by atoms with E-state index in [-0.39, 0.29) is 23.0 Å². The van der Waals surface area contributed by atoms with Crippen LogP contribution in [0.4, 0.5) is 5.95 Å². The van der Waals surface area contributed by atoms with E-state index in [0.29, 0.717) is 0 Å². The number of rotatable bonds is 10. The largest absolute Gasteiger partial charge is 0.462 e. The van der Waals surface area contributed by atoms with Crippen LogP contribution in [0.3, 0.4) is 0 Å². The van der Waals surface area contributed by atoms with Crippen molar-refractivity contribution in [2.45, 2.75) is 63.8 Å². The molecule has 1 saturated heterocycles. The molecule has 2 unspecified atom stereocenters. The van der Waals surface area contributed by atoms with Crippen molar-refractivity contribution in [2.24, 2.45) is 0 Å². The summed E-state index contributed by atoms with van der Waals surface area (Å²) in [4.78, 5) is 30.8. The number of para-hydroxylation sites is 1. The number of benzene rings is 1. The molecular formula is C23H31N6O9P. The van der Waals surface area contributed by atoms with Gasteiger partial charge in [-0.15, -0.1) is 5.10 Å². The Bertz CT molecular complexity index is 1430. The Morgan fingerprint density at radius 3 is 2.67 bits per heavy atom. The van der Waals surface area contributed by atoms with Gasteiger partial charge in [-0.05, 0) is 39.8 Å². The number of nitrogens with zero attached hydrogens (tertiary/aromatic N) is 3. The number of aliphatic hydroxyl groups excluding tert-OH is 2. The fourth-order valence-electron chi connectivity index (χ4n) is 3.98. The summed E-state index contributed by atoms with van der Waals surface area (Å²) < 4.78 is 37.3. The lowest BCUT2D eigenvalue weighted by Gasteiger charge is -2.30. The summed E-state index contributed by atoms with van der Waals surface area (Å²) in [6.07, 6.45) is -3.41. The summed E-state index contributed by atoms with van der Waals surface area (Å²) in [5, 5.41) is 28.3. The van der Waals surface area contributed by atoms with Crippen molar-refractivity contribution < 1.29 is 38.1 Å². The number of hydrogen-bond acceptors (Lipinski definition) is 12. The number of fused-ring (bicyclic) bond motifs is 1. The highest BCUT2D eigenvalue weighted by Crippen LogP contribution is 2.48. The first-order chi connectivity index (χ1) is 18.3. The molecule has 1 aromatic carbocycles. The molecule has 6 atom stereocenters. The van der Waals surface area contributed by atoms with Gasteiger partial charge < -0.3 is 29.9 Å². The predicted molar refractivity (Wildman–Crippen MR) is 137 cm³/mol. The van der Waals surface area contributed by atoms with E-state index in [1.807, 2.05) is 0 Å². The number of aliphatic hydroxyl groups is 2. The SMILES string of the molecule is CC(C)OC(=O)[C@H](C)N[P@](=O)(OC[C@@]1(C)O[C@@H](c2cnc3c(=O)[nH]c(N)nn23)C(O)C1O)Oc1ccccc1. The van der Waals surface area contributed by atoms with Crippen LogP contribution in [0.1, 0.15) is 39.5 Å². The molecule has 0 radical (unpaired) electrons. The second kappa shape index (κ2) is 11.0. The molecule has 1 fully saturated rings. The van der Waals surface area contributed by atoms with E-state index in [4.69, 9.17) is 24.3 Å². The normalized spacial score (nSPS) is 25.5. The van der Waals surface area contributed by atoms with E-state index in [1.165, 1.54) is 20.0 Å². The molecule has 4 rings (SSSR count). The number of nitrogens with one attached hydrogen (secondary N) is 2. The topological polar surface area (TPSA) is 213 Å². The van der Waals surface area contributed by atoms with Gasteiger partial charge >= 0.3 is 13.7 Å². The van der Waals surface area contributed by atoms with Gasteiger partial charge in [-0.3, -0.25) is 19.1 Å². The maximum atomic E-state index is 13.8. The second-order valence-electron chi connectivity index (χ2n) is 9.56. The van der Waals surface area contributed by atoms with Crippen LogP contribution in [0.5, 0.6) is 5.75 Å². The van der Waals surface area contributed by atoms with Crippen molar-refractivity contribution in [2.75, 3.05) is 12.3 Å². The fourth-order valence-corrected chi connectivity index (χ4v) is 5.56. The standard InChI is InChI=1S/C23H31N6O9P/c1-12(2)36-21(33)13(3)28-39(34,38-14-8-6-5-7-9-14)35-11-23(4)18(31)16(30)17(37-23)15-10-25-19-20(32)26-22(24)27-29(15)19/h5-10,12-13,16-18,30-31H,11H2,1-4H3,(H,28,34)(H3,24,26,27,32)/t13-,16?,17-,18?,23+,39-/m0/s1. The van der Waals surface area contributed by atoms with Crippen molar-refractivity contribution in [3.05, 3.63) is 52.6 Å². The number of aromatic nitrogens is 4. The third-order valence-corrected chi connectivity index (χ3v) is 7.53. The number of aromatic amines is 1. The molecule has 6 N–H and O–H groups in total. The molecule has 16 heteroatoms. The lowest BCUT2D eigenvalue weighted by Crippen LogP contribution is -2.45. The van der Waals surface area contributed by atoms with Gasteiger partial charge in [0.05, 0.1) is 24.6 Å². The first-order valence-corrected chi connectivity index (χ1v) is 13.6. The third kappa shape index (κ3) is 6.13. The Labute approximate surface area is 222 Å². The molecule has 3 heterocycles. The van der Waals surface area contributed by atoms with Crippen molar-refractivity contribution in [3.8, 4) is 5.75 Å². The van der Waals surface area contributed by atoms with Crippen molar-refractivity contribution >= 4 is 25.3 Å². The molecule has 0 aliphatic carbocycles. The highest BCUT2D eigenvalue weighted by Gasteiger charge is 2.54. The first kappa shape index (κ1) is 28.7. The van der Waals surface area contributed by atoms with Crippen LogP contribution in [0.2, 0.25) is 0 Å². The fraction of sp³-hybridized carbons (Fsp3) is 0.478. The molecular weight excluding hydrogens is 535 g/mol. The molecule has 0 spiro atoms. The smallest absolute Gasteiger partial charge is 0.459 e. The maximum absolute atomic E-state index is 13.8. The summed E-state index contributed by atoms with van der Waals surface area (Å²) in [7, 11) is -4.28. The van der Waals surface area contributed by atoms with Crippen LogP contribution in [-0.4, -0.2) is 72.3 Å². The van der Waals surface area contributed by atoms with Crippen molar-refractivity contribution in [1.29, 1.82) is 0 Å². The molecule has 0 amide bonds. The van der Waals surface area contributed by atoms with Crippen LogP contribution in [0.15, 0.2) is 41.3 Å². The number of esters is 1. The van der Waals surface area contributed by atoms with E-state index in [0.717, 1.165) is 4.52 Å². The van der Waals surface area contributed by atoms with Crippen LogP contribution in [0.25, 0.3) is 5.65 Å². The minimum absolute atomic E-state index is 0.0958. The van der Waals surface area contributed by atoms with E-state index in [2.05, 4.69) is 20.2 Å². The van der Waals surface area contributed by atoms with Gasteiger partial charge in [-0.25, -0.2) is 14.1 Å². The van der Waals surface area contributed by atoms with Gasteiger partial charge in [-0.1, -0.05) is 18.2 Å². The van der Waals surface area contributed by atoms with E-state index in [1.54, 1.807) is 44.2 Å². The minimum atomic E-state index is -4.28. The number of imidazole rings is 1. The molecule has 3 aromatic rings. The van der Waals surface area contributed by atoms with Gasteiger partial charge in [0.25, 0.3) is 5.56 Å². The monoisotopic (exact) mass is 566 g/mol. The molecule has 1 aliphatic rings. The number of carbonyl (C=O) groups is 1. The van der Waals surface area contributed by atoms with Crippen molar-refractivity contribution in [1.82, 2.24) is 24.7 Å². The minimum Gasteiger partial charge on any atom is -0.462 e. The highest BCUT2D eigenvalue weighted by atomic mass is 31.2. The number of nitrogen functional groups attached to an aromatic ring is 1. The predicted octanol–water partition coefficient (Wildman–Crippen LogP) is 0.685. The van der Waals surface area contributed by atoms with Gasteiger partial charge in [-0.2, -0.15) is 5.09 Å². The summed E-state index contributed by atoms with van der Waals surface area (Å²) in [5.41, 5.74) is 3.45. The molecule has 15 nitrogen and oxygen atoms in total. The molecule has 39 heavy (non-hydrogen) atoms. The second-order valence-corrected chi connectivity index (χ2v) is 11.2. The van der Waals surface area contributed by atoms with Crippen LogP contribution >= 0.6 is 7.75 Å². The molecule has 1 aliphatic heterocycles. The van der Waals surface area contributed by atoms with E-state index in [9.17, 15) is 24.4 Å². The first-order valence-electron chi connectivity index (χ1n) is 12.1. The summed E-state index contributed by atoms with van der Waals surface area (Å²) in [6.45, 7) is 5.67. The lowest BCUT2D eigenvalue weighted by molar-refractivity contribution is -0.149. The summed E-state index contributed by atoms with van der Waals surface area (Å²) >= 11 is 0. The Morgan fingerprint density at radius 2 is 2.00 bits per heavy atom. The van der Waals surface area contributed by atoms with Gasteiger partial charge in [0.2, 0.25) is 11.6 Å².